The van der Waals surface area contributed by atoms with Crippen LogP contribution in [0.1, 0.15) is 154 Å². The van der Waals surface area contributed by atoms with E-state index in [1.807, 2.05) is 34.6 Å². The third kappa shape index (κ3) is 12.7. The van der Waals surface area contributed by atoms with Crippen molar-refractivity contribution in [2.24, 2.45) is 80.8 Å². The Morgan fingerprint density at radius 2 is 0.920 bits per heavy atom. The average Bonchev–Trinajstić information content (AvgIpc) is 1.58. The van der Waals surface area contributed by atoms with Gasteiger partial charge in [0.1, 0.15) is 60.0 Å². The van der Waals surface area contributed by atoms with Gasteiger partial charge in [-0.05, 0) is 119 Å². The molecule has 12 aliphatic rings. The molecule has 8 bridgehead atoms. The molecule has 6 saturated heterocycles. The Hall–Kier alpha value is -6.40. The lowest BCUT2D eigenvalue weighted by molar-refractivity contribution is -0.174. The largest absolute Gasteiger partial charge is 0.462 e. The van der Waals surface area contributed by atoms with Crippen LogP contribution in [-0.4, -0.2) is 159 Å². The first kappa shape index (κ1) is 66.0. The zero-order chi connectivity index (χ0) is 64.3. The summed E-state index contributed by atoms with van der Waals surface area (Å²) < 4.78 is 68.4. The summed E-state index contributed by atoms with van der Waals surface area (Å²) in [5, 5.41) is 0. The monoisotopic (exact) mass is 1240 g/mol. The first-order chi connectivity index (χ1) is 41.4. The summed E-state index contributed by atoms with van der Waals surface area (Å²) in [7, 11) is 0. The van der Waals surface area contributed by atoms with E-state index in [-0.39, 0.29) is 120 Å². The minimum absolute atomic E-state index is 0.0145. The normalized spacial score (nSPS) is 36.4. The summed E-state index contributed by atoms with van der Waals surface area (Å²) in [6, 6.07) is 0. The van der Waals surface area contributed by atoms with Gasteiger partial charge < -0.3 is 61.6 Å². The van der Waals surface area contributed by atoms with Crippen LogP contribution in [0, 0.1) is 80.8 Å². The Labute approximate surface area is 511 Å². The number of esters is 12. The van der Waals surface area contributed by atoms with Crippen LogP contribution in [0.5, 0.6) is 0 Å². The molecule has 88 heavy (non-hydrogen) atoms. The predicted molar refractivity (Wildman–Crippen MR) is 295 cm³/mol. The van der Waals surface area contributed by atoms with Gasteiger partial charge in [0.15, 0.2) is 38.6 Å². The number of hydrogen-bond acceptors (Lipinski definition) is 25. The van der Waals surface area contributed by atoms with Gasteiger partial charge in [-0.3, -0.25) is 38.4 Å². The molecule has 0 radical (unpaired) electrons. The topological polar surface area (TPSA) is 325 Å². The molecule has 12 fully saturated rings. The second-order valence-electron chi connectivity index (χ2n) is 27.9. The molecular formula is C63H86O25. The van der Waals surface area contributed by atoms with Crippen LogP contribution < -0.4 is 0 Å². The number of hydrogen-bond donors (Lipinski definition) is 0. The summed E-state index contributed by atoms with van der Waals surface area (Å²) in [5.74, 6) is -5.18. The Balaban J connectivity index is 0.000000140. The van der Waals surface area contributed by atoms with Crippen LogP contribution >= 0.6 is 0 Å². The van der Waals surface area contributed by atoms with Gasteiger partial charge in [0.2, 0.25) is 0 Å². The maximum absolute atomic E-state index is 12.1. The first-order valence-electron chi connectivity index (χ1n) is 31.3. The second-order valence-corrected chi connectivity index (χ2v) is 27.9. The number of carbonyl (C=O) groups excluding carboxylic acids is 12. The molecule has 21 atom stereocenters. The summed E-state index contributed by atoms with van der Waals surface area (Å²) in [4.78, 5) is 142. The van der Waals surface area contributed by atoms with E-state index < -0.39 is 120 Å². The SMILES string of the molecule is CCC(C)(C)C(=O)OCC(=O)OC1C2CC3C(=O)OC1C3O2.CCC(C)(C)C(=O)OCC(=O)OC1C2CC3OC(=O)C1(C)C3C2.CCC(C)(C)C(=O)OCC(=O)OC1C2CC3OC(=O)C1C3C2.CCC(C)C(=O)OCC(=O)OC1C2CC3OC(=O)C1C3C2. The van der Waals surface area contributed by atoms with Gasteiger partial charge in [0, 0.05) is 35.5 Å². The molecule has 0 N–H and O–H groups in total. The molecule has 6 aliphatic carbocycles. The number of carbonyl (C=O) groups is 12. The fraction of sp³-hybridized carbons (Fsp3) is 0.810. The van der Waals surface area contributed by atoms with Gasteiger partial charge in [-0.15, -0.1) is 0 Å². The molecule has 488 valence electrons. The van der Waals surface area contributed by atoms with Gasteiger partial charge in [-0.1, -0.05) is 34.6 Å². The molecule has 25 nitrogen and oxygen atoms in total. The molecule has 0 amide bonds. The second kappa shape index (κ2) is 25.5. The smallest absolute Gasteiger partial charge is 0.344 e. The summed E-state index contributed by atoms with van der Waals surface area (Å²) in [5.41, 5.74) is -2.61. The summed E-state index contributed by atoms with van der Waals surface area (Å²) in [6.07, 6.45) is 4.94. The van der Waals surface area contributed by atoms with E-state index in [1.54, 1.807) is 48.5 Å². The predicted octanol–water partition coefficient (Wildman–Crippen LogP) is 4.97. The molecule has 6 heterocycles. The maximum Gasteiger partial charge on any atom is 0.344 e. The summed E-state index contributed by atoms with van der Waals surface area (Å²) in [6.45, 7) is 20.0. The van der Waals surface area contributed by atoms with E-state index in [2.05, 4.69) is 0 Å². The molecule has 25 heteroatoms. The zero-order valence-electron chi connectivity index (χ0n) is 52.4. The van der Waals surface area contributed by atoms with Crippen molar-refractivity contribution in [3.8, 4) is 0 Å². The van der Waals surface area contributed by atoms with E-state index >= 15 is 0 Å². The van der Waals surface area contributed by atoms with Crippen LogP contribution in [0.4, 0.5) is 0 Å². The number of ether oxygens (including phenoxy) is 13. The van der Waals surface area contributed by atoms with Gasteiger partial charge in [-0.25, -0.2) is 19.2 Å². The van der Waals surface area contributed by atoms with E-state index in [4.69, 9.17) is 61.6 Å². The zero-order valence-corrected chi connectivity index (χ0v) is 52.4. The standard InChI is InChI=1S/C17H24O6.C16H22O6.C15H20O7.C15H20O6/c1-5-16(2,3)14(19)21-8-12(18)23-13-9-6-10-11(7-9)22-15(20)17(10,13)4;1-4-16(2,3)15(19)20-7-11(17)22-13-8-5-9-10(6-8)21-14(18)12(9)13;1-4-15(2,3)14(18)19-6-9(16)21-11-8-5-7-10(20-8)12(11)22-13(7)17;1-3-7(2)14(17)19-6-11(16)21-13-8-4-9-10(5-8)20-15(18)12(9)13/h9-11,13H,5-8H2,1-4H3;8-10,12-13H,4-7H2,1-3H3;7-8,10-12H,4-6H2,1-3H3;7-10,12-13H,3-6H2,1-2H3. The van der Waals surface area contributed by atoms with Crippen LogP contribution in [0.2, 0.25) is 0 Å². The van der Waals surface area contributed by atoms with Gasteiger partial charge in [-0.2, -0.15) is 0 Å². The quantitative estimate of drug-likeness (QED) is 0.115. The highest BCUT2D eigenvalue weighted by molar-refractivity contribution is 5.85. The van der Waals surface area contributed by atoms with E-state index in [0.717, 1.165) is 38.5 Å². The Kier molecular flexibility index (Phi) is 19.1. The summed E-state index contributed by atoms with van der Waals surface area (Å²) >= 11 is 0. The molecular weight excluding hydrogens is 1160 g/mol. The molecule has 0 aromatic heterocycles. The fourth-order valence-electron chi connectivity index (χ4n) is 14.6. The highest BCUT2D eigenvalue weighted by Crippen LogP contribution is 2.63. The average molecular weight is 1240 g/mol. The fourth-order valence-corrected chi connectivity index (χ4v) is 14.6. The molecule has 0 aromatic carbocycles. The van der Waals surface area contributed by atoms with Crippen molar-refractivity contribution >= 4 is 71.6 Å². The minimum atomic E-state index is -0.740. The molecule has 21 unspecified atom stereocenters. The van der Waals surface area contributed by atoms with Crippen molar-refractivity contribution in [2.75, 3.05) is 26.4 Å². The Morgan fingerprint density at radius 3 is 1.38 bits per heavy atom. The lowest BCUT2D eigenvalue weighted by Gasteiger charge is -2.32. The van der Waals surface area contributed by atoms with Gasteiger partial charge in [0.25, 0.3) is 0 Å². The highest BCUT2D eigenvalue weighted by atomic mass is 16.7. The molecule has 12 rings (SSSR count). The Morgan fingerprint density at radius 1 is 0.489 bits per heavy atom. The van der Waals surface area contributed by atoms with Gasteiger partial charge >= 0.3 is 71.6 Å². The van der Waals surface area contributed by atoms with Crippen molar-refractivity contribution in [3.63, 3.8) is 0 Å². The van der Waals surface area contributed by atoms with Crippen LogP contribution in [0.3, 0.4) is 0 Å². The molecule has 0 aromatic rings. The molecule has 6 aliphatic heterocycles. The van der Waals surface area contributed by atoms with E-state index in [0.29, 0.717) is 32.1 Å². The molecule has 0 spiro atoms. The third-order valence-corrected chi connectivity index (χ3v) is 21.3. The van der Waals surface area contributed by atoms with Crippen molar-refractivity contribution in [1.29, 1.82) is 0 Å². The lowest BCUT2D eigenvalue weighted by Crippen LogP contribution is -2.44. The van der Waals surface area contributed by atoms with E-state index in [9.17, 15) is 57.5 Å². The van der Waals surface area contributed by atoms with Crippen molar-refractivity contribution in [3.05, 3.63) is 0 Å². The maximum atomic E-state index is 12.1. The third-order valence-electron chi connectivity index (χ3n) is 21.3. The van der Waals surface area contributed by atoms with Crippen LogP contribution in [0.15, 0.2) is 0 Å². The highest BCUT2D eigenvalue weighted by Gasteiger charge is 2.72. The van der Waals surface area contributed by atoms with Gasteiger partial charge in [0.05, 0.1) is 34.2 Å². The Bertz CT molecular complexity index is 2780. The van der Waals surface area contributed by atoms with Crippen molar-refractivity contribution < 1.29 is 119 Å². The van der Waals surface area contributed by atoms with Crippen molar-refractivity contribution in [1.82, 2.24) is 0 Å². The van der Waals surface area contributed by atoms with Crippen molar-refractivity contribution in [2.45, 2.75) is 215 Å². The van der Waals surface area contributed by atoms with E-state index in [1.165, 1.54) is 0 Å². The first-order valence-corrected chi connectivity index (χ1v) is 31.3. The minimum Gasteiger partial charge on any atom is -0.462 e. The van der Waals surface area contributed by atoms with Crippen LogP contribution in [-0.2, 0) is 119 Å². The number of fused-ring (bicyclic) bond motifs is 4. The lowest BCUT2D eigenvalue weighted by atomic mass is 9.74. The number of rotatable bonds is 20. The molecule has 6 saturated carbocycles. The van der Waals surface area contributed by atoms with Crippen LogP contribution in [0.25, 0.3) is 0 Å².